The van der Waals surface area contributed by atoms with Gasteiger partial charge in [0.1, 0.15) is 10.8 Å². The van der Waals surface area contributed by atoms with E-state index >= 15 is 0 Å². The van der Waals surface area contributed by atoms with E-state index in [1.54, 1.807) is 36.4 Å². The third-order valence-electron chi connectivity index (χ3n) is 4.46. The summed E-state index contributed by atoms with van der Waals surface area (Å²) in [6, 6.07) is 15.6. The van der Waals surface area contributed by atoms with Crippen LogP contribution in [0.1, 0.15) is 0 Å². The second-order valence-electron chi connectivity index (χ2n) is 6.40. The molecule has 0 bridgehead atoms. The molecule has 3 aromatic heterocycles. The number of benzene rings is 2. The molecule has 0 amide bonds. The molecule has 152 valence electrons. The van der Waals surface area contributed by atoms with E-state index in [0.29, 0.717) is 38.4 Å². The van der Waals surface area contributed by atoms with Crippen molar-refractivity contribution in [1.29, 1.82) is 0 Å². The predicted molar refractivity (Wildman–Crippen MR) is 111 cm³/mol. The van der Waals surface area contributed by atoms with E-state index in [9.17, 15) is 20.2 Å². The van der Waals surface area contributed by atoms with Gasteiger partial charge in [-0.2, -0.15) is 9.61 Å². The molecule has 11 nitrogen and oxygen atoms in total. The summed E-state index contributed by atoms with van der Waals surface area (Å²) in [5.74, 6) is 1.16. The SMILES string of the molecule is O=[N+]([O-])c1cccc(-c2ccc(-c3nnc4sc(-c5cccc([N+](=O)[O-])c5)nn34)o2)c1. The maximum Gasteiger partial charge on any atom is 0.270 e. The van der Waals surface area contributed by atoms with Gasteiger partial charge in [0.05, 0.1) is 9.85 Å². The first-order chi connectivity index (χ1) is 15.0. The fraction of sp³-hybridized carbons (Fsp3) is 0. The summed E-state index contributed by atoms with van der Waals surface area (Å²) in [5, 5.41) is 35.3. The van der Waals surface area contributed by atoms with Crippen LogP contribution in [0.25, 0.3) is 38.4 Å². The molecule has 0 saturated carbocycles. The van der Waals surface area contributed by atoms with E-state index < -0.39 is 9.85 Å². The van der Waals surface area contributed by atoms with Crippen LogP contribution in [-0.2, 0) is 0 Å². The van der Waals surface area contributed by atoms with E-state index in [1.807, 2.05) is 0 Å². The Hall–Kier alpha value is -4.45. The normalized spacial score (nSPS) is 11.1. The minimum Gasteiger partial charge on any atom is -0.453 e. The smallest absolute Gasteiger partial charge is 0.270 e. The molecule has 0 aliphatic rings. The van der Waals surface area contributed by atoms with Crippen molar-refractivity contribution >= 4 is 27.7 Å². The van der Waals surface area contributed by atoms with E-state index in [0.717, 1.165) is 0 Å². The Kier molecular flexibility index (Phi) is 4.26. The number of hydrogen-bond acceptors (Lipinski definition) is 9. The summed E-state index contributed by atoms with van der Waals surface area (Å²) in [7, 11) is 0. The molecule has 0 atom stereocenters. The molecule has 0 aliphatic carbocycles. The summed E-state index contributed by atoms with van der Waals surface area (Å²) < 4.78 is 7.35. The van der Waals surface area contributed by atoms with Crippen LogP contribution in [0.3, 0.4) is 0 Å². The molecule has 2 aromatic carbocycles. The Morgan fingerprint density at radius 2 is 1.48 bits per heavy atom. The first kappa shape index (κ1) is 18.6. The van der Waals surface area contributed by atoms with Gasteiger partial charge in [-0.3, -0.25) is 20.2 Å². The van der Waals surface area contributed by atoms with Gasteiger partial charge in [-0.05, 0) is 12.1 Å². The molecule has 12 heteroatoms. The second-order valence-corrected chi connectivity index (χ2v) is 7.36. The number of furan rings is 1. The van der Waals surface area contributed by atoms with E-state index in [-0.39, 0.29) is 11.4 Å². The number of nitrogens with zero attached hydrogens (tertiary/aromatic N) is 6. The molecular formula is C19H10N6O5S. The lowest BCUT2D eigenvalue weighted by molar-refractivity contribution is -0.385. The average Bonchev–Trinajstić information content (AvgIpc) is 3.49. The fourth-order valence-electron chi connectivity index (χ4n) is 3.03. The zero-order chi connectivity index (χ0) is 21.5. The fourth-order valence-corrected chi connectivity index (χ4v) is 3.86. The zero-order valence-electron chi connectivity index (χ0n) is 15.4. The molecular weight excluding hydrogens is 424 g/mol. The van der Waals surface area contributed by atoms with E-state index in [2.05, 4.69) is 15.3 Å². The van der Waals surface area contributed by atoms with Crippen LogP contribution in [0, 0.1) is 20.2 Å². The topological polar surface area (TPSA) is 142 Å². The van der Waals surface area contributed by atoms with Gasteiger partial charge in [-0.15, -0.1) is 10.2 Å². The Balaban J connectivity index is 1.52. The van der Waals surface area contributed by atoms with Crippen LogP contribution in [0.5, 0.6) is 0 Å². The Labute approximate surface area is 176 Å². The number of nitro benzene ring substituents is 2. The predicted octanol–water partition coefficient (Wildman–Crippen LogP) is 4.60. The Morgan fingerprint density at radius 1 is 0.839 bits per heavy atom. The highest BCUT2D eigenvalue weighted by Gasteiger charge is 2.19. The Morgan fingerprint density at radius 3 is 2.19 bits per heavy atom. The highest BCUT2D eigenvalue weighted by molar-refractivity contribution is 7.19. The van der Waals surface area contributed by atoms with Gasteiger partial charge in [0.25, 0.3) is 11.4 Å². The molecule has 5 aromatic rings. The van der Waals surface area contributed by atoms with Gasteiger partial charge in [-0.25, -0.2) is 0 Å². The van der Waals surface area contributed by atoms with Crippen molar-refractivity contribution in [2.24, 2.45) is 0 Å². The van der Waals surface area contributed by atoms with Gasteiger partial charge < -0.3 is 4.42 Å². The van der Waals surface area contributed by atoms with Crippen molar-refractivity contribution in [2.45, 2.75) is 0 Å². The third-order valence-corrected chi connectivity index (χ3v) is 5.41. The number of aromatic nitrogens is 4. The number of rotatable bonds is 5. The summed E-state index contributed by atoms with van der Waals surface area (Å²) in [6.07, 6.45) is 0. The molecule has 0 aliphatic heterocycles. The molecule has 3 heterocycles. The molecule has 0 radical (unpaired) electrons. The lowest BCUT2D eigenvalue weighted by atomic mass is 10.1. The molecule has 0 unspecified atom stereocenters. The van der Waals surface area contributed by atoms with Crippen molar-refractivity contribution in [3.05, 3.63) is 80.9 Å². The lowest BCUT2D eigenvalue weighted by Crippen LogP contribution is -1.91. The molecule has 0 fully saturated rings. The third kappa shape index (κ3) is 3.30. The van der Waals surface area contributed by atoms with E-state index in [4.69, 9.17) is 4.42 Å². The van der Waals surface area contributed by atoms with E-state index in [1.165, 1.54) is 40.1 Å². The number of nitro groups is 2. The standard InChI is InChI=1S/C19H10N6O5S/c26-24(27)13-5-1-3-11(9-13)15-7-8-16(30-15)17-20-21-19-23(17)22-18(31-19)12-4-2-6-14(10-12)25(28)29/h1-10H. The van der Waals surface area contributed by atoms with Crippen molar-refractivity contribution in [3.8, 4) is 33.5 Å². The summed E-state index contributed by atoms with van der Waals surface area (Å²) >= 11 is 1.23. The van der Waals surface area contributed by atoms with Crippen LogP contribution in [0.4, 0.5) is 11.4 Å². The second kappa shape index (κ2) is 7.11. The van der Waals surface area contributed by atoms with Gasteiger partial charge in [-0.1, -0.05) is 35.6 Å². The first-order valence-corrected chi connectivity index (χ1v) is 9.63. The maximum absolute atomic E-state index is 11.0. The largest absolute Gasteiger partial charge is 0.453 e. The van der Waals surface area contributed by atoms with Crippen LogP contribution in [0.2, 0.25) is 0 Å². The molecule has 0 saturated heterocycles. The van der Waals surface area contributed by atoms with Gasteiger partial charge in [0, 0.05) is 35.4 Å². The monoisotopic (exact) mass is 434 g/mol. The highest BCUT2D eigenvalue weighted by Crippen LogP contribution is 2.32. The summed E-state index contributed by atoms with van der Waals surface area (Å²) in [5.41, 5.74) is 1.07. The van der Waals surface area contributed by atoms with Crippen molar-refractivity contribution in [3.63, 3.8) is 0 Å². The lowest BCUT2D eigenvalue weighted by Gasteiger charge is -1.97. The molecule has 5 rings (SSSR count). The minimum atomic E-state index is -0.472. The summed E-state index contributed by atoms with van der Waals surface area (Å²) in [6.45, 7) is 0. The van der Waals surface area contributed by atoms with Crippen molar-refractivity contribution in [2.75, 3.05) is 0 Å². The first-order valence-electron chi connectivity index (χ1n) is 8.82. The van der Waals surface area contributed by atoms with Crippen LogP contribution in [-0.4, -0.2) is 29.7 Å². The van der Waals surface area contributed by atoms with Gasteiger partial charge >= 0.3 is 0 Å². The molecule has 0 spiro atoms. The average molecular weight is 434 g/mol. The van der Waals surface area contributed by atoms with Crippen LogP contribution < -0.4 is 0 Å². The van der Waals surface area contributed by atoms with Gasteiger partial charge in [0.2, 0.25) is 10.8 Å². The zero-order valence-corrected chi connectivity index (χ0v) is 16.2. The number of fused-ring (bicyclic) bond motifs is 1. The number of hydrogen-bond donors (Lipinski definition) is 0. The Bertz CT molecular complexity index is 1470. The molecule has 0 N–H and O–H groups in total. The highest BCUT2D eigenvalue weighted by atomic mass is 32.1. The van der Waals surface area contributed by atoms with Gasteiger partial charge in [0.15, 0.2) is 5.76 Å². The van der Waals surface area contributed by atoms with Crippen molar-refractivity contribution < 1.29 is 14.3 Å². The summed E-state index contributed by atoms with van der Waals surface area (Å²) in [4.78, 5) is 21.6. The maximum atomic E-state index is 11.0. The van der Waals surface area contributed by atoms with Crippen molar-refractivity contribution in [1.82, 2.24) is 19.8 Å². The quantitative estimate of drug-likeness (QED) is 0.288. The number of non-ortho nitro benzene ring substituents is 2. The van der Waals surface area contributed by atoms with Crippen LogP contribution in [0.15, 0.2) is 65.1 Å². The minimum absolute atomic E-state index is 0.0312. The van der Waals surface area contributed by atoms with Crippen LogP contribution >= 0.6 is 11.3 Å². The molecule has 31 heavy (non-hydrogen) atoms.